The number of hydrogen-bond donors (Lipinski definition) is 1. The minimum Gasteiger partial charge on any atom is -0.492 e. The summed E-state index contributed by atoms with van der Waals surface area (Å²) in [5, 5.41) is 3.99. The predicted octanol–water partition coefficient (Wildman–Crippen LogP) is 6.17. The number of nitrogens with one attached hydrogen (secondary N) is 1. The summed E-state index contributed by atoms with van der Waals surface area (Å²) in [6, 6.07) is 9.03. The molecule has 24 heavy (non-hydrogen) atoms. The van der Waals surface area contributed by atoms with Crippen LogP contribution in [-0.4, -0.2) is 12.5 Å². The fourth-order valence-electron chi connectivity index (χ4n) is 2.32. The van der Waals surface area contributed by atoms with Gasteiger partial charge in [-0.1, -0.05) is 39.1 Å². The molecule has 0 radical (unpaired) electrons. The first kappa shape index (κ1) is 19.1. The third-order valence-electron chi connectivity index (χ3n) is 3.46. The maximum absolute atomic E-state index is 12.1. The number of amides is 1. The quantitative estimate of drug-likeness (QED) is 0.556. The van der Waals surface area contributed by atoms with Gasteiger partial charge in [0.1, 0.15) is 5.75 Å². The molecule has 0 saturated heterocycles. The van der Waals surface area contributed by atoms with Gasteiger partial charge in [0.25, 0.3) is 0 Å². The molecule has 128 valence electrons. The number of ether oxygens (including phenoxy) is 1. The van der Waals surface area contributed by atoms with Crippen LogP contribution >= 0.6 is 39.1 Å². The van der Waals surface area contributed by atoms with E-state index in [1.165, 1.54) is 0 Å². The highest BCUT2D eigenvalue weighted by Crippen LogP contribution is 2.28. The second-order valence-electron chi connectivity index (χ2n) is 5.49. The molecule has 2 aromatic rings. The standard InChI is InChI=1S/C18H18BrCl2NO2/c1-11-8-13(19)9-12(2)18(11)22-17(23)4-3-7-24-16-6-5-14(20)10-15(16)21/h5-6,8-10H,3-4,7H2,1-2H3,(H,22,23). The Bertz CT molecular complexity index is 727. The number of halogens is 3. The second kappa shape index (κ2) is 8.75. The first-order valence-corrected chi connectivity index (χ1v) is 9.06. The van der Waals surface area contributed by atoms with Crippen LogP contribution in [-0.2, 0) is 4.79 Å². The van der Waals surface area contributed by atoms with E-state index in [-0.39, 0.29) is 5.91 Å². The van der Waals surface area contributed by atoms with Gasteiger partial charge in [0.15, 0.2) is 0 Å². The molecule has 0 unspecified atom stereocenters. The van der Waals surface area contributed by atoms with Crippen LogP contribution in [0.2, 0.25) is 10.0 Å². The second-order valence-corrected chi connectivity index (χ2v) is 7.25. The van der Waals surface area contributed by atoms with Crippen LogP contribution < -0.4 is 10.1 Å². The van der Waals surface area contributed by atoms with E-state index in [9.17, 15) is 4.79 Å². The molecule has 0 aliphatic rings. The Balaban J connectivity index is 1.82. The molecule has 0 saturated carbocycles. The SMILES string of the molecule is Cc1cc(Br)cc(C)c1NC(=O)CCCOc1ccc(Cl)cc1Cl. The highest BCUT2D eigenvalue weighted by molar-refractivity contribution is 9.10. The van der Waals surface area contributed by atoms with Crippen LogP contribution in [0.1, 0.15) is 24.0 Å². The van der Waals surface area contributed by atoms with Crippen LogP contribution in [0.4, 0.5) is 5.69 Å². The molecular formula is C18H18BrCl2NO2. The van der Waals surface area contributed by atoms with Crippen molar-refractivity contribution in [3.8, 4) is 5.75 Å². The summed E-state index contributed by atoms with van der Waals surface area (Å²) in [5.74, 6) is 0.537. The van der Waals surface area contributed by atoms with Crippen LogP contribution in [0.3, 0.4) is 0 Å². The lowest BCUT2D eigenvalue weighted by Crippen LogP contribution is -2.14. The van der Waals surface area contributed by atoms with Gasteiger partial charge in [0.2, 0.25) is 5.91 Å². The Labute approximate surface area is 160 Å². The third kappa shape index (κ3) is 5.40. The van der Waals surface area contributed by atoms with E-state index < -0.39 is 0 Å². The maximum Gasteiger partial charge on any atom is 0.224 e. The third-order valence-corrected chi connectivity index (χ3v) is 4.45. The normalized spacial score (nSPS) is 10.5. The molecule has 3 nitrogen and oxygen atoms in total. The topological polar surface area (TPSA) is 38.3 Å². The van der Waals surface area contributed by atoms with E-state index in [1.54, 1.807) is 18.2 Å². The van der Waals surface area contributed by atoms with Crippen molar-refractivity contribution in [3.63, 3.8) is 0 Å². The van der Waals surface area contributed by atoms with Gasteiger partial charge in [0.05, 0.1) is 11.6 Å². The monoisotopic (exact) mass is 429 g/mol. The van der Waals surface area contributed by atoms with Gasteiger partial charge < -0.3 is 10.1 Å². The van der Waals surface area contributed by atoms with Crippen molar-refractivity contribution in [1.82, 2.24) is 0 Å². The fourth-order valence-corrected chi connectivity index (χ4v) is 3.47. The van der Waals surface area contributed by atoms with Crippen LogP contribution in [0.25, 0.3) is 0 Å². The Morgan fingerprint density at radius 2 is 1.83 bits per heavy atom. The van der Waals surface area contributed by atoms with Gasteiger partial charge >= 0.3 is 0 Å². The van der Waals surface area contributed by atoms with Gasteiger partial charge in [0, 0.05) is 21.6 Å². The molecular weight excluding hydrogens is 413 g/mol. The number of aryl methyl sites for hydroxylation is 2. The minimum absolute atomic E-state index is 0.0330. The van der Waals surface area contributed by atoms with E-state index in [1.807, 2.05) is 26.0 Å². The van der Waals surface area contributed by atoms with E-state index in [2.05, 4.69) is 21.2 Å². The molecule has 0 bridgehead atoms. The minimum atomic E-state index is -0.0330. The Morgan fingerprint density at radius 3 is 2.46 bits per heavy atom. The zero-order valence-electron chi connectivity index (χ0n) is 13.5. The fraction of sp³-hybridized carbons (Fsp3) is 0.278. The molecule has 2 aromatic carbocycles. The smallest absolute Gasteiger partial charge is 0.224 e. The van der Waals surface area contributed by atoms with Crippen LogP contribution in [0.5, 0.6) is 5.75 Å². The van der Waals surface area contributed by atoms with Gasteiger partial charge in [-0.25, -0.2) is 0 Å². The highest BCUT2D eigenvalue weighted by atomic mass is 79.9. The first-order valence-electron chi connectivity index (χ1n) is 7.51. The van der Waals surface area contributed by atoms with Crippen molar-refractivity contribution in [2.45, 2.75) is 26.7 Å². The van der Waals surface area contributed by atoms with Crippen molar-refractivity contribution >= 4 is 50.7 Å². The summed E-state index contributed by atoms with van der Waals surface area (Å²) in [5.41, 5.74) is 2.92. The van der Waals surface area contributed by atoms with Gasteiger partial charge in [-0.3, -0.25) is 4.79 Å². The van der Waals surface area contributed by atoms with Crippen molar-refractivity contribution < 1.29 is 9.53 Å². The maximum atomic E-state index is 12.1. The molecule has 0 aliphatic heterocycles. The van der Waals surface area contributed by atoms with E-state index >= 15 is 0 Å². The Kier molecular flexibility index (Phi) is 6.96. The van der Waals surface area contributed by atoms with Crippen molar-refractivity contribution in [1.29, 1.82) is 0 Å². The number of carbonyl (C=O) groups excluding carboxylic acids is 1. The summed E-state index contributed by atoms with van der Waals surface area (Å²) in [6.07, 6.45) is 0.972. The number of carbonyl (C=O) groups is 1. The molecule has 6 heteroatoms. The molecule has 1 N–H and O–H groups in total. The van der Waals surface area contributed by atoms with Crippen LogP contribution in [0, 0.1) is 13.8 Å². The first-order chi connectivity index (χ1) is 11.4. The van der Waals surface area contributed by atoms with Crippen molar-refractivity contribution in [2.24, 2.45) is 0 Å². The zero-order valence-corrected chi connectivity index (χ0v) is 16.6. The molecule has 0 heterocycles. The van der Waals surface area contributed by atoms with Crippen molar-refractivity contribution in [3.05, 3.63) is 56.0 Å². The molecule has 1 amide bonds. The zero-order chi connectivity index (χ0) is 17.7. The van der Waals surface area contributed by atoms with Gasteiger partial charge in [-0.2, -0.15) is 0 Å². The molecule has 0 aromatic heterocycles. The number of rotatable bonds is 6. The largest absolute Gasteiger partial charge is 0.492 e. The lowest BCUT2D eigenvalue weighted by molar-refractivity contribution is -0.116. The number of benzene rings is 2. The average molecular weight is 431 g/mol. The summed E-state index contributed by atoms with van der Waals surface area (Å²) in [7, 11) is 0. The Morgan fingerprint density at radius 1 is 1.17 bits per heavy atom. The molecule has 0 atom stereocenters. The molecule has 0 aliphatic carbocycles. The van der Waals surface area contributed by atoms with Crippen LogP contribution in [0.15, 0.2) is 34.8 Å². The molecule has 0 fully saturated rings. The van der Waals surface area contributed by atoms with Crippen molar-refractivity contribution in [2.75, 3.05) is 11.9 Å². The summed E-state index contributed by atoms with van der Waals surface area (Å²) in [6.45, 7) is 4.35. The van der Waals surface area contributed by atoms with E-state index in [0.29, 0.717) is 35.2 Å². The van der Waals surface area contributed by atoms with E-state index in [0.717, 1.165) is 21.3 Å². The number of anilines is 1. The van der Waals surface area contributed by atoms with E-state index in [4.69, 9.17) is 27.9 Å². The molecule has 2 rings (SSSR count). The molecule has 0 spiro atoms. The lowest BCUT2D eigenvalue weighted by atomic mass is 10.1. The highest BCUT2D eigenvalue weighted by Gasteiger charge is 2.09. The number of hydrogen-bond acceptors (Lipinski definition) is 2. The lowest BCUT2D eigenvalue weighted by Gasteiger charge is -2.13. The predicted molar refractivity (Wildman–Crippen MR) is 103 cm³/mol. The Hall–Kier alpha value is -1.23. The average Bonchev–Trinajstić information content (AvgIpc) is 2.49. The summed E-state index contributed by atoms with van der Waals surface area (Å²) in [4.78, 5) is 12.1. The summed E-state index contributed by atoms with van der Waals surface area (Å²) >= 11 is 15.3. The van der Waals surface area contributed by atoms with Gasteiger partial charge in [-0.05, 0) is 61.7 Å². The van der Waals surface area contributed by atoms with Gasteiger partial charge in [-0.15, -0.1) is 0 Å². The summed E-state index contributed by atoms with van der Waals surface area (Å²) < 4.78 is 6.58.